The molecule has 0 saturated carbocycles. The van der Waals surface area contributed by atoms with Gasteiger partial charge in [0.15, 0.2) is 0 Å². The Labute approximate surface area is 104 Å². The summed E-state index contributed by atoms with van der Waals surface area (Å²) >= 11 is 0. The van der Waals surface area contributed by atoms with Gasteiger partial charge in [-0.1, -0.05) is 0 Å². The molecule has 2 rings (SSSR count). The minimum Gasteiger partial charge on any atom is -0.379 e. The van der Waals surface area contributed by atoms with Crippen LogP contribution in [0.15, 0.2) is 6.20 Å². The first kappa shape index (κ1) is 12.5. The predicted molar refractivity (Wildman–Crippen MR) is 65.7 cm³/mol. The van der Waals surface area contributed by atoms with Crippen LogP contribution in [0.1, 0.15) is 13.3 Å². The molecule has 1 atom stereocenters. The molecule has 0 aromatic carbocycles. The number of anilines is 2. The summed E-state index contributed by atoms with van der Waals surface area (Å²) in [5, 5.41) is 16.9. The molecule has 0 radical (unpaired) electrons. The van der Waals surface area contributed by atoms with Gasteiger partial charge in [0, 0.05) is 13.2 Å². The van der Waals surface area contributed by atoms with Crippen LogP contribution in [0.5, 0.6) is 0 Å². The molecule has 0 aliphatic carbocycles. The lowest BCUT2D eigenvalue weighted by molar-refractivity contribution is -0.384. The first-order valence-electron chi connectivity index (χ1n) is 5.80. The van der Waals surface area contributed by atoms with E-state index < -0.39 is 4.92 Å². The lowest BCUT2D eigenvalue weighted by Crippen LogP contribution is -2.21. The molecular formula is C10H15N5O3. The highest BCUT2D eigenvalue weighted by molar-refractivity contribution is 5.57. The summed E-state index contributed by atoms with van der Waals surface area (Å²) < 4.78 is 5.22. The number of aromatic nitrogens is 2. The average molecular weight is 253 g/mol. The molecule has 1 aliphatic rings. The van der Waals surface area contributed by atoms with Crippen LogP contribution in [0.3, 0.4) is 0 Å². The Morgan fingerprint density at radius 2 is 2.50 bits per heavy atom. The molecule has 8 heteroatoms. The number of nitro groups is 1. The molecule has 2 heterocycles. The zero-order valence-corrected chi connectivity index (χ0v) is 10.0. The van der Waals surface area contributed by atoms with E-state index in [0.29, 0.717) is 25.7 Å². The lowest BCUT2D eigenvalue weighted by atomic mass is 10.2. The quantitative estimate of drug-likeness (QED) is 0.596. The van der Waals surface area contributed by atoms with Crippen LogP contribution in [-0.2, 0) is 4.74 Å². The molecule has 98 valence electrons. The van der Waals surface area contributed by atoms with Gasteiger partial charge in [-0.05, 0) is 13.3 Å². The number of hydrogen-bond donors (Lipinski definition) is 2. The smallest absolute Gasteiger partial charge is 0.329 e. The number of hydrogen-bond acceptors (Lipinski definition) is 7. The second-order valence-corrected chi connectivity index (χ2v) is 3.92. The van der Waals surface area contributed by atoms with Gasteiger partial charge in [-0.2, -0.15) is 4.98 Å². The molecule has 1 aliphatic heterocycles. The van der Waals surface area contributed by atoms with Crippen LogP contribution in [0, 0.1) is 10.1 Å². The van der Waals surface area contributed by atoms with Crippen LogP contribution < -0.4 is 10.6 Å². The zero-order valence-electron chi connectivity index (χ0n) is 10.0. The fraction of sp³-hybridized carbons (Fsp3) is 0.600. The molecule has 0 amide bonds. The number of ether oxygens (including phenoxy) is 1. The highest BCUT2D eigenvalue weighted by atomic mass is 16.6. The molecule has 2 N–H and O–H groups in total. The Hall–Kier alpha value is -1.96. The fourth-order valence-electron chi connectivity index (χ4n) is 1.70. The van der Waals surface area contributed by atoms with Crippen molar-refractivity contribution < 1.29 is 9.66 Å². The molecule has 1 saturated heterocycles. The SMILES string of the molecule is CCNc1ncc([N+](=O)[O-])c(NC2CCOC2)n1. The van der Waals surface area contributed by atoms with Crippen LogP contribution in [0.25, 0.3) is 0 Å². The first-order chi connectivity index (χ1) is 8.70. The molecule has 8 nitrogen and oxygen atoms in total. The van der Waals surface area contributed by atoms with Gasteiger partial charge in [0.05, 0.1) is 17.6 Å². The van der Waals surface area contributed by atoms with E-state index in [1.807, 2.05) is 6.92 Å². The summed E-state index contributed by atoms with van der Waals surface area (Å²) in [5.74, 6) is 0.617. The summed E-state index contributed by atoms with van der Waals surface area (Å²) in [5.41, 5.74) is -0.122. The number of nitrogens with zero attached hydrogens (tertiary/aromatic N) is 3. The van der Waals surface area contributed by atoms with Gasteiger partial charge in [0.25, 0.3) is 0 Å². The highest BCUT2D eigenvalue weighted by Crippen LogP contribution is 2.24. The fourth-order valence-corrected chi connectivity index (χ4v) is 1.70. The van der Waals surface area contributed by atoms with E-state index in [1.165, 1.54) is 6.20 Å². The van der Waals surface area contributed by atoms with E-state index in [1.54, 1.807) is 0 Å². The minimum atomic E-state index is -0.492. The van der Waals surface area contributed by atoms with Crippen molar-refractivity contribution in [3.63, 3.8) is 0 Å². The van der Waals surface area contributed by atoms with Crippen molar-refractivity contribution in [3.8, 4) is 0 Å². The Morgan fingerprint density at radius 1 is 1.67 bits per heavy atom. The maximum absolute atomic E-state index is 10.9. The third kappa shape index (κ3) is 2.83. The summed E-state index contributed by atoms with van der Waals surface area (Å²) in [6.45, 7) is 3.76. The second-order valence-electron chi connectivity index (χ2n) is 3.92. The summed E-state index contributed by atoms with van der Waals surface area (Å²) in [4.78, 5) is 18.4. The van der Waals surface area contributed by atoms with Gasteiger partial charge in [-0.25, -0.2) is 4.98 Å². The largest absolute Gasteiger partial charge is 0.379 e. The highest BCUT2D eigenvalue weighted by Gasteiger charge is 2.22. The first-order valence-corrected chi connectivity index (χ1v) is 5.80. The second kappa shape index (κ2) is 5.58. The Balaban J connectivity index is 2.21. The molecule has 1 aromatic heterocycles. The van der Waals surface area contributed by atoms with Gasteiger partial charge in [0.2, 0.25) is 11.8 Å². The van der Waals surface area contributed by atoms with Crippen LogP contribution in [0.4, 0.5) is 17.5 Å². The van der Waals surface area contributed by atoms with Gasteiger partial charge in [-0.3, -0.25) is 10.1 Å². The third-order valence-corrected chi connectivity index (χ3v) is 2.57. The van der Waals surface area contributed by atoms with Crippen LogP contribution in [-0.4, -0.2) is 40.7 Å². The van der Waals surface area contributed by atoms with Crippen LogP contribution >= 0.6 is 0 Å². The van der Waals surface area contributed by atoms with Crippen molar-refractivity contribution in [1.29, 1.82) is 0 Å². The monoisotopic (exact) mass is 253 g/mol. The Morgan fingerprint density at radius 3 is 3.11 bits per heavy atom. The molecule has 1 fully saturated rings. The van der Waals surface area contributed by atoms with Gasteiger partial charge in [0.1, 0.15) is 6.20 Å². The van der Waals surface area contributed by atoms with Gasteiger partial charge >= 0.3 is 5.69 Å². The van der Waals surface area contributed by atoms with Crippen molar-refractivity contribution in [2.75, 3.05) is 30.4 Å². The number of nitrogens with one attached hydrogen (secondary N) is 2. The van der Waals surface area contributed by atoms with E-state index in [-0.39, 0.29) is 17.5 Å². The van der Waals surface area contributed by atoms with Crippen molar-refractivity contribution in [2.24, 2.45) is 0 Å². The average Bonchev–Trinajstić information content (AvgIpc) is 2.82. The third-order valence-electron chi connectivity index (χ3n) is 2.57. The van der Waals surface area contributed by atoms with E-state index in [4.69, 9.17) is 4.74 Å². The molecule has 18 heavy (non-hydrogen) atoms. The van der Waals surface area contributed by atoms with Gasteiger partial charge < -0.3 is 15.4 Å². The summed E-state index contributed by atoms with van der Waals surface area (Å²) in [7, 11) is 0. The number of rotatable bonds is 5. The lowest BCUT2D eigenvalue weighted by Gasteiger charge is -2.12. The van der Waals surface area contributed by atoms with E-state index in [2.05, 4.69) is 20.6 Å². The normalized spacial score (nSPS) is 18.6. The zero-order chi connectivity index (χ0) is 13.0. The standard InChI is InChI=1S/C10H15N5O3/c1-2-11-10-12-5-8(15(16)17)9(14-10)13-7-3-4-18-6-7/h5,7H,2-4,6H2,1H3,(H2,11,12,13,14). The van der Waals surface area contributed by atoms with E-state index in [0.717, 1.165) is 6.42 Å². The maximum Gasteiger partial charge on any atom is 0.329 e. The minimum absolute atomic E-state index is 0.0630. The van der Waals surface area contributed by atoms with Crippen molar-refractivity contribution in [2.45, 2.75) is 19.4 Å². The molecule has 1 unspecified atom stereocenters. The Bertz CT molecular complexity index is 434. The topological polar surface area (TPSA) is 102 Å². The predicted octanol–water partition coefficient (Wildman–Crippen LogP) is 1.02. The molecule has 1 aromatic rings. The van der Waals surface area contributed by atoms with Crippen molar-refractivity contribution in [3.05, 3.63) is 16.3 Å². The molecule has 0 bridgehead atoms. The molecule has 0 spiro atoms. The van der Waals surface area contributed by atoms with Crippen molar-refractivity contribution >= 4 is 17.5 Å². The maximum atomic E-state index is 10.9. The molecular weight excluding hydrogens is 238 g/mol. The summed E-state index contributed by atoms with van der Waals surface area (Å²) in [6, 6.07) is 0.0630. The van der Waals surface area contributed by atoms with E-state index in [9.17, 15) is 10.1 Å². The van der Waals surface area contributed by atoms with Crippen molar-refractivity contribution in [1.82, 2.24) is 9.97 Å². The van der Waals surface area contributed by atoms with Gasteiger partial charge in [-0.15, -0.1) is 0 Å². The van der Waals surface area contributed by atoms with E-state index >= 15 is 0 Å². The van der Waals surface area contributed by atoms with Crippen LogP contribution in [0.2, 0.25) is 0 Å². The summed E-state index contributed by atoms with van der Waals surface area (Å²) in [6.07, 6.45) is 2.03. The Kier molecular flexibility index (Phi) is 3.88.